The molecule has 0 bridgehead atoms. The fourth-order valence-electron chi connectivity index (χ4n) is 2.60. The highest BCUT2D eigenvalue weighted by molar-refractivity contribution is 5.86. The summed E-state index contributed by atoms with van der Waals surface area (Å²) in [6.45, 7) is 2.28. The van der Waals surface area contributed by atoms with E-state index in [-0.39, 0.29) is 18.6 Å². The predicted octanol–water partition coefficient (Wildman–Crippen LogP) is 3.04. The van der Waals surface area contributed by atoms with Gasteiger partial charge < -0.3 is 10.8 Å². The summed E-state index contributed by atoms with van der Waals surface area (Å²) in [4.78, 5) is 0. The Hall–Kier alpha value is -1.38. The second-order valence-corrected chi connectivity index (χ2v) is 4.76. The lowest BCUT2D eigenvalue weighted by Crippen LogP contribution is -2.28. The van der Waals surface area contributed by atoms with E-state index in [2.05, 4.69) is 43.3 Å². The molecule has 2 atom stereocenters. The van der Waals surface area contributed by atoms with Crippen molar-refractivity contribution < 1.29 is 5.11 Å². The lowest BCUT2D eigenvalue weighted by molar-refractivity contribution is 0.266. The van der Waals surface area contributed by atoms with E-state index in [4.69, 9.17) is 5.73 Å². The van der Waals surface area contributed by atoms with Crippen LogP contribution in [0.3, 0.4) is 0 Å². The average molecular weight is 243 g/mol. The van der Waals surface area contributed by atoms with Crippen molar-refractivity contribution in [3.63, 3.8) is 0 Å². The molecule has 18 heavy (non-hydrogen) atoms. The van der Waals surface area contributed by atoms with Crippen molar-refractivity contribution in [3.05, 3.63) is 48.0 Å². The first-order valence-electron chi connectivity index (χ1n) is 6.62. The summed E-state index contributed by atoms with van der Waals surface area (Å²) in [5.41, 5.74) is 7.48. The second kappa shape index (κ2) is 5.98. The molecule has 96 valence electrons. The fourth-order valence-corrected chi connectivity index (χ4v) is 2.60. The smallest absolute Gasteiger partial charge is 0.0437 e. The van der Waals surface area contributed by atoms with Crippen LogP contribution in [0.25, 0.3) is 10.8 Å². The van der Waals surface area contributed by atoms with Gasteiger partial charge in [-0.1, -0.05) is 49.4 Å². The zero-order valence-electron chi connectivity index (χ0n) is 10.8. The van der Waals surface area contributed by atoms with Gasteiger partial charge in [0.15, 0.2) is 0 Å². The third kappa shape index (κ3) is 2.55. The monoisotopic (exact) mass is 243 g/mol. The maximum atomic E-state index is 9.26. The largest absolute Gasteiger partial charge is 0.396 e. The van der Waals surface area contributed by atoms with Gasteiger partial charge in [0.05, 0.1) is 0 Å². The molecule has 0 aliphatic heterocycles. The van der Waals surface area contributed by atoms with Gasteiger partial charge in [-0.05, 0) is 29.2 Å². The van der Waals surface area contributed by atoms with Gasteiger partial charge >= 0.3 is 0 Å². The average Bonchev–Trinajstić information content (AvgIpc) is 2.43. The molecule has 2 nitrogen and oxygen atoms in total. The molecule has 0 radical (unpaired) electrons. The predicted molar refractivity (Wildman–Crippen MR) is 76.7 cm³/mol. The van der Waals surface area contributed by atoms with Gasteiger partial charge in [-0.25, -0.2) is 0 Å². The first-order chi connectivity index (χ1) is 8.77. The molecule has 3 N–H and O–H groups in total. The van der Waals surface area contributed by atoms with Crippen LogP contribution in [-0.2, 0) is 0 Å². The van der Waals surface area contributed by atoms with Crippen molar-refractivity contribution >= 4 is 10.8 Å². The van der Waals surface area contributed by atoms with E-state index in [1.165, 1.54) is 16.3 Å². The van der Waals surface area contributed by atoms with Crippen molar-refractivity contribution in [2.45, 2.75) is 31.7 Å². The van der Waals surface area contributed by atoms with E-state index in [0.29, 0.717) is 0 Å². The number of nitrogens with two attached hydrogens (primary N) is 1. The summed E-state index contributed by atoms with van der Waals surface area (Å²) < 4.78 is 0. The molecule has 0 fully saturated rings. The number of hydrogen-bond acceptors (Lipinski definition) is 2. The Labute approximate surface area is 108 Å². The minimum atomic E-state index is 0.1000. The zero-order valence-corrected chi connectivity index (χ0v) is 10.8. The molecule has 2 rings (SSSR count). The number of hydrogen-bond donors (Lipinski definition) is 2. The number of rotatable bonds is 5. The Bertz CT molecular complexity index is 504. The summed E-state index contributed by atoms with van der Waals surface area (Å²) in [5.74, 6) is 0.228. The molecule has 2 heteroatoms. The maximum Gasteiger partial charge on any atom is 0.0437 e. The molecule has 2 aromatic carbocycles. The standard InChI is InChI=1S/C16H21NO/c1-2-16(17)15(10-11-18)14-9-5-7-12-6-3-4-8-13(12)14/h3-9,15-16,18H,2,10-11,17H2,1H3. The Morgan fingerprint density at radius 3 is 2.56 bits per heavy atom. The molecular weight excluding hydrogens is 222 g/mol. The summed E-state index contributed by atoms with van der Waals surface area (Å²) in [7, 11) is 0. The first kappa shape index (κ1) is 13.1. The van der Waals surface area contributed by atoms with Crippen LogP contribution in [0.1, 0.15) is 31.2 Å². The highest BCUT2D eigenvalue weighted by Gasteiger charge is 2.19. The molecule has 0 aliphatic carbocycles. The molecule has 2 unspecified atom stereocenters. The van der Waals surface area contributed by atoms with Gasteiger partial charge in [-0.15, -0.1) is 0 Å². The van der Waals surface area contributed by atoms with E-state index >= 15 is 0 Å². The second-order valence-electron chi connectivity index (χ2n) is 4.76. The van der Waals surface area contributed by atoms with Crippen molar-refractivity contribution in [2.24, 2.45) is 5.73 Å². The minimum Gasteiger partial charge on any atom is -0.396 e. The van der Waals surface area contributed by atoms with Crippen LogP contribution >= 0.6 is 0 Å². The Morgan fingerprint density at radius 2 is 1.83 bits per heavy atom. The SMILES string of the molecule is CCC(N)C(CCO)c1cccc2ccccc12. The summed E-state index contributed by atoms with van der Waals surface area (Å²) in [5, 5.41) is 11.7. The lowest BCUT2D eigenvalue weighted by atomic mass is 9.85. The summed E-state index contributed by atoms with van der Waals surface area (Å²) in [6, 6.07) is 14.8. The topological polar surface area (TPSA) is 46.2 Å². The van der Waals surface area contributed by atoms with Crippen LogP contribution in [0.4, 0.5) is 0 Å². The number of benzene rings is 2. The summed E-state index contributed by atoms with van der Waals surface area (Å²) in [6.07, 6.45) is 1.65. The summed E-state index contributed by atoms with van der Waals surface area (Å²) >= 11 is 0. The third-order valence-corrected chi connectivity index (χ3v) is 3.65. The van der Waals surface area contributed by atoms with Gasteiger partial charge in [0.2, 0.25) is 0 Å². The molecule has 0 heterocycles. The van der Waals surface area contributed by atoms with Gasteiger partial charge in [0.1, 0.15) is 0 Å². The van der Waals surface area contributed by atoms with Gasteiger partial charge in [0, 0.05) is 18.6 Å². The van der Waals surface area contributed by atoms with E-state index in [0.717, 1.165) is 12.8 Å². The fraction of sp³-hybridized carbons (Fsp3) is 0.375. The molecule has 0 aliphatic rings. The molecule has 0 saturated heterocycles. The Morgan fingerprint density at radius 1 is 1.11 bits per heavy atom. The Kier molecular flexibility index (Phi) is 4.34. The Balaban J connectivity index is 2.49. The first-order valence-corrected chi connectivity index (χ1v) is 6.62. The van der Waals surface area contributed by atoms with Gasteiger partial charge in [-0.2, -0.15) is 0 Å². The molecule has 0 aromatic heterocycles. The maximum absolute atomic E-state index is 9.26. The molecule has 0 saturated carbocycles. The van der Waals surface area contributed by atoms with Crippen LogP contribution in [0.5, 0.6) is 0 Å². The molecule has 2 aromatic rings. The highest BCUT2D eigenvalue weighted by Crippen LogP contribution is 2.30. The molecule has 0 amide bonds. The molecular formula is C16H21NO. The molecule has 0 spiro atoms. The van der Waals surface area contributed by atoms with Gasteiger partial charge in [0.25, 0.3) is 0 Å². The van der Waals surface area contributed by atoms with Crippen molar-refractivity contribution in [2.75, 3.05) is 6.61 Å². The number of aliphatic hydroxyl groups is 1. The zero-order chi connectivity index (χ0) is 13.0. The highest BCUT2D eigenvalue weighted by atomic mass is 16.3. The van der Waals surface area contributed by atoms with Crippen LogP contribution in [0.2, 0.25) is 0 Å². The van der Waals surface area contributed by atoms with Crippen molar-refractivity contribution in [1.82, 2.24) is 0 Å². The van der Waals surface area contributed by atoms with E-state index in [1.807, 2.05) is 6.07 Å². The van der Waals surface area contributed by atoms with Crippen LogP contribution < -0.4 is 5.73 Å². The van der Waals surface area contributed by atoms with E-state index in [1.54, 1.807) is 0 Å². The van der Waals surface area contributed by atoms with Crippen LogP contribution in [0.15, 0.2) is 42.5 Å². The van der Waals surface area contributed by atoms with Crippen LogP contribution in [-0.4, -0.2) is 17.8 Å². The third-order valence-electron chi connectivity index (χ3n) is 3.65. The van der Waals surface area contributed by atoms with Gasteiger partial charge in [-0.3, -0.25) is 0 Å². The van der Waals surface area contributed by atoms with Crippen molar-refractivity contribution in [3.8, 4) is 0 Å². The minimum absolute atomic E-state index is 0.1000. The lowest BCUT2D eigenvalue weighted by Gasteiger charge is -2.24. The number of fused-ring (bicyclic) bond motifs is 1. The van der Waals surface area contributed by atoms with E-state index < -0.39 is 0 Å². The van der Waals surface area contributed by atoms with Crippen molar-refractivity contribution in [1.29, 1.82) is 0 Å². The van der Waals surface area contributed by atoms with Crippen LogP contribution in [0, 0.1) is 0 Å². The van der Waals surface area contributed by atoms with E-state index in [9.17, 15) is 5.11 Å². The normalized spacial score (nSPS) is 14.6. The quantitative estimate of drug-likeness (QED) is 0.848. The number of aliphatic hydroxyl groups excluding tert-OH is 1.